The molecule has 1 aromatic heterocycles. The van der Waals surface area contributed by atoms with Crippen molar-refractivity contribution < 1.29 is 0 Å². The summed E-state index contributed by atoms with van der Waals surface area (Å²) in [6.07, 6.45) is 0. The summed E-state index contributed by atoms with van der Waals surface area (Å²) in [6.45, 7) is 12.6. The van der Waals surface area contributed by atoms with Crippen LogP contribution in [0.5, 0.6) is 0 Å². The molecule has 0 radical (unpaired) electrons. The second-order valence-electron chi connectivity index (χ2n) is 6.14. The third-order valence-electron chi connectivity index (χ3n) is 2.46. The van der Waals surface area contributed by atoms with E-state index in [4.69, 9.17) is 0 Å². The second kappa shape index (κ2) is 3.51. The molecule has 1 aromatic rings. The molecule has 0 atom stereocenters. The standard InChI is InChI=1S/C13H21NO/c1-12(2,3)10-7-9(15)8-11(14-10)13(4,5)6/h7-8H,1-6H3,(H,14,15). The van der Waals surface area contributed by atoms with E-state index in [0.717, 1.165) is 11.4 Å². The molecular weight excluding hydrogens is 186 g/mol. The summed E-state index contributed by atoms with van der Waals surface area (Å²) in [4.78, 5) is 14.9. The zero-order valence-electron chi connectivity index (χ0n) is 10.6. The summed E-state index contributed by atoms with van der Waals surface area (Å²) in [5, 5.41) is 0. The van der Waals surface area contributed by atoms with Crippen LogP contribution in [0.1, 0.15) is 52.9 Å². The molecule has 0 aliphatic rings. The van der Waals surface area contributed by atoms with Crippen molar-refractivity contribution in [3.8, 4) is 0 Å². The molecule has 0 aliphatic heterocycles. The number of hydrogen-bond donors (Lipinski definition) is 1. The van der Waals surface area contributed by atoms with E-state index < -0.39 is 0 Å². The van der Waals surface area contributed by atoms with Crippen LogP contribution in [0.4, 0.5) is 0 Å². The summed E-state index contributed by atoms with van der Waals surface area (Å²) < 4.78 is 0. The Balaban J connectivity index is 3.36. The molecule has 0 aliphatic carbocycles. The Hall–Kier alpha value is -1.05. The summed E-state index contributed by atoms with van der Waals surface area (Å²) >= 11 is 0. The van der Waals surface area contributed by atoms with Crippen molar-refractivity contribution in [1.29, 1.82) is 0 Å². The van der Waals surface area contributed by atoms with Crippen molar-refractivity contribution in [2.45, 2.75) is 52.4 Å². The molecule has 1 heterocycles. The maximum Gasteiger partial charge on any atom is 0.182 e. The van der Waals surface area contributed by atoms with Crippen molar-refractivity contribution in [3.05, 3.63) is 33.7 Å². The average molecular weight is 207 g/mol. The highest BCUT2D eigenvalue weighted by molar-refractivity contribution is 5.21. The van der Waals surface area contributed by atoms with Crippen LogP contribution in [0, 0.1) is 0 Å². The predicted molar refractivity (Wildman–Crippen MR) is 64.5 cm³/mol. The predicted octanol–water partition coefficient (Wildman–Crippen LogP) is 2.97. The van der Waals surface area contributed by atoms with Crippen LogP contribution >= 0.6 is 0 Å². The fourth-order valence-electron chi connectivity index (χ4n) is 1.35. The first-order chi connectivity index (χ1) is 6.60. The van der Waals surface area contributed by atoms with Crippen molar-refractivity contribution in [1.82, 2.24) is 4.98 Å². The SMILES string of the molecule is CC(C)(C)c1cc(=O)cc(C(C)(C)C)[nH]1. The summed E-state index contributed by atoms with van der Waals surface area (Å²) in [7, 11) is 0. The largest absolute Gasteiger partial charge is 0.361 e. The average Bonchev–Trinajstić information content (AvgIpc) is 1.99. The number of aromatic nitrogens is 1. The topological polar surface area (TPSA) is 32.9 Å². The molecule has 2 nitrogen and oxygen atoms in total. The van der Waals surface area contributed by atoms with Gasteiger partial charge >= 0.3 is 0 Å². The van der Waals surface area contributed by atoms with Gasteiger partial charge in [0, 0.05) is 34.4 Å². The van der Waals surface area contributed by atoms with Gasteiger partial charge in [-0.05, 0) is 0 Å². The Bertz CT molecular complexity index is 367. The van der Waals surface area contributed by atoms with Gasteiger partial charge < -0.3 is 4.98 Å². The van der Waals surface area contributed by atoms with E-state index in [0.29, 0.717) is 0 Å². The lowest BCUT2D eigenvalue weighted by Gasteiger charge is -2.24. The molecule has 1 rings (SSSR count). The van der Waals surface area contributed by atoms with Gasteiger partial charge in [-0.25, -0.2) is 0 Å². The highest BCUT2D eigenvalue weighted by atomic mass is 16.1. The van der Waals surface area contributed by atoms with Gasteiger partial charge in [-0.3, -0.25) is 4.79 Å². The highest BCUT2D eigenvalue weighted by Gasteiger charge is 2.20. The molecular formula is C13H21NO. The number of rotatable bonds is 0. The first-order valence-corrected chi connectivity index (χ1v) is 5.36. The molecule has 0 saturated carbocycles. The van der Waals surface area contributed by atoms with Crippen molar-refractivity contribution in [2.75, 3.05) is 0 Å². The monoisotopic (exact) mass is 207 g/mol. The molecule has 0 bridgehead atoms. The Morgan fingerprint density at radius 2 is 1.20 bits per heavy atom. The summed E-state index contributed by atoms with van der Waals surface area (Å²) in [5.74, 6) is 0. The first kappa shape index (κ1) is 12.0. The number of aromatic amines is 1. The van der Waals surface area contributed by atoms with Crippen LogP contribution in [0.3, 0.4) is 0 Å². The van der Waals surface area contributed by atoms with E-state index in [2.05, 4.69) is 46.5 Å². The van der Waals surface area contributed by atoms with Gasteiger partial charge in [0.05, 0.1) is 0 Å². The normalized spacial score (nSPS) is 12.9. The van der Waals surface area contributed by atoms with Crippen LogP contribution in [-0.2, 0) is 10.8 Å². The van der Waals surface area contributed by atoms with E-state index in [-0.39, 0.29) is 16.3 Å². The molecule has 0 amide bonds. The van der Waals surface area contributed by atoms with Crippen LogP contribution in [0.25, 0.3) is 0 Å². The molecule has 0 saturated heterocycles. The van der Waals surface area contributed by atoms with E-state index in [1.54, 1.807) is 12.1 Å². The van der Waals surface area contributed by atoms with E-state index in [1.165, 1.54) is 0 Å². The van der Waals surface area contributed by atoms with E-state index in [1.807, 2.05) is 0 Å². The lowest BCUT2D eigenvalue weighted by atomic mass is 9.88. The lowest BCUT2D eigenvalue weighted by Crippen LogP contribution is -2.23. The van der Waals surface area contributed by atoms with Crippen LogP contribution < -0.4 is 5.43 Å². The molecule has 1 N–H and O–H groups in total. The number of nitrogens with one attached hydrogen (secondary N) is 1. The van der Waals surface area contributed by atoms with Crippen LogP contribution in [-0.4, -0.2) is 4.98 Å². The Morgan fingerprint density at radius 3 is 1.47 bits per heavy atom. The Morgan fingerprint density at radius 1 is 0.867 bits per heavy atom. The van der Waals surface area contributed by atoms with Crippen molar-refractivity contribution >= 4 is 0 Å². The molecule has 0 spiro atoms. The molecule has 15 heavy (non-hydrogen) atoms. The zero-order valence-corrected chi connectivity index (χ0v) is 10.6. The number of pyridine rings is 1. The third-order valence-corrected chi connectivity index (χ3v) is 2.46. The minimum Gasteiger partial charge on any atom is -0.361 e. The second-order valence-corrected chi connectivity index (χ2v) is 6.14. The van der Waals surface area contributed by atoms with Crippen molar-refractivity contribution in [3.63, 3.8) is 0 Å². The van der Waals surface area contributed by atoms with E-state index >= 15 is 0 Å². The van der Waals surface area contributed by atoms with Gasteiger partial charge in [0.15, 0.2) is 5.43 Å². The van der Waals surface area contributed by atoms with Gasteiger partial charge in [-0.1, -0.05) is 41.5 Å². The van der Waals surface area contributed by atoms with Gasteiger partial charge in [0.25, 0.3) is 0 Å². The molecule has 0 unspecified atom stereocenters. The molecule has 0 fully saturated rings. The van der Waals surface area contributed by atoms with Gasteiger partial charge in [0.1, 0.15) is 0 Å². The third kappa shape index (κ3) is 2.95. The molecule has 84 valence electrons. The lowest BCUT2D eigenvalue weighted by molar-refractivity contribution is 0.530. The molecule has 2 heteroatoms. The van der Waals surface area contributed by atoms with Crippen molar-refractivity contribution in [2.24, 2.45) is 0 Å². The first-order valence-electron chi connectivity index (χ1n) is 5.36. The molecule has 0 aromatic carbocycles. The summed E-state index contributed by atoms with van der Waals surface area (Å²) in [6, 6.07) is 3.38. The smallest absolute Gasteiger partial charge is 0.182 e. The van der Waals surface area contributed by atoms with Gasteiger partial charge in [-0.15, -0.1) is 0 Å². The Labute approximate surface area is 91.7 Å². The van der Waals surface area contributed by atoms with Crippen LogP contribution in [0.15, 0.2) is 16.9 Å². The van der Waals surface area contributed by atoms with Gasteiger partial charge in [0.2, 0.25) is 0 Å². The van der Waals surface area contributed by atoms with E-state index in [9.17, 15) is 4.79 Å². The minimum absolute atomic E-state index is 0.0135. The minimum atomic E-state index is -0.0135. The maximum absolute atomic E-state index is 11.6. The fourth-order valence-corrected chi connectivity index (χ4v) is 1.35. The Kier molecular flexibility index (Phi) is 2.81. The highest BCUT2D eigenvalue weighted by Crippen LogP contribution is 2.23. The van der Waals surface area contributed by atoms with Crippen LogP contribution in [0.2, 0.25) is 0 Å². The number of hydrogen-bond acceptors (Lipinski definition) is 1. The maximum atomic E-state index is 11.6. The fraction of sp³-hybridized carbons (Fsp3) is 0.615. The number of H-pyrrole nitrogens is 1. The van der Waals surface area contributed by atoms with Gasteiger partial charge in [-0.2, -0.15) is 0 Å². The summed E-state index contributed by atoms with van der Waals surface area (Å²) in [5.41, 5.74) is 2.06. The zero-order chi connectivity index (χ0) is 11.9. The quantitative estimate of drug-likeness (QED) is 0.697.